The molecule has 14 aromatic rings. The first-order valence-electron chi connectivity index (χ1n) is 22.0. The average molecular weight is 876 g/mol. The molecule has 2 heterocycles. The monoisotopic (exact) mass is 876 g/mol. The van der Waals surface area contributed by atoms with Gasteiger partial charge in [0.05, 0.1) is 0 Å². The van der Waals surface area contributed by atoms with Crippen molar-refractivity contribution in [3.63, 3.8) is 0 Å². The van der Waals surface area contributed by atoms with Gasteiger partial charge in [-0.15, -0.1) is 0 Å². The van der Waals surface area contributed by atoms with Gasteiger partial charge >= 0.3 is 336 Å². The summed E-state index contributed by atoms with van der Waals surface area (Å²) in [4.78, 5) is 0. The predicted octanol–water partition coefficient (Wildman–Crippen LogP) is 17.4. The molecule has 0 atom stereocenters. The molecule has 0 spiro atoms. The molecule has 296 valence electrons. The number of hydrogen-bond acceptors (Lipinski definition) is 1. The summed E-state index contributed by atoms with van der Waals surface area (Å²) in [5.74, 6) is 0. The van der Waals surface area contributed by atoms with Gasteiger partial charge in [0, 0.05) is 5.39 Å². The van der Waals surface area contributed by atoms with Crippen molar-refractivity contribution in [3.05, 3.63) is 218 Å². The molecule has 0 saturated heterocycles. The van der Waals surface area contributed by atoms with Gasteiger partial charge in [0.2, 0.25) is 0 Å². The van der Waals surface area contributed by atoms with Gasteiger partial charge in [0.25, 0.3) is 0 Å². The molecule has 0 aliphatic carbocycles. The van der Waals surface area contributed by atoms with E-state index in [9.17, 15) is 0 Å². The first-order valence-corrected chi connectivity index (χ1v) is 23.7. The Labute approximate surface area is 374 Å². The molecular formula is C62H36OSe. The average Bonchev–Trinajstić information content (AvgIpc) is 3.93. The van der Waals surface area contributed by atoms with E-state index < -0.39 is 0 Å². The van der Waals surface area contributed by atoms with Crippen LogP contribution in [0.4, 0.5) is 0 Å². The van der Waals surface area contributed by atoms with Crippen LogP contribution >= 0.6 is 0 Å². The van der Waals surface area contributed by atoms with Gasteiger partial charge in [-0.25, -0.2) is 0 Å². The SMILES string of the molecule is c1ccc(-c2c3ccccc3c(-c3ccc4[se]c5cccc(-c6c7ccccc7c(-c7ccc8oc9c%10ccccc%10ccc9c8c7)c7ccccc67)c5c4c3)c3ccccc23)cc1. The molecule has 0 radical (unpaired) electrons. The molecule has 0 aliphatic rings. The molecule has 0 aliphatic heterocycles. The molecule has 0 unspecified atom stereocenters. The van der Waals surface area contributed by atoms with Crippen molar-refractivity contribution < 1.29 is 4.42 Å². The summed E-state index contributed by atoms with van der Waals surface area (Å²) in [5, 5.41) is 17.5. The van der Waals surface area contributed by atoms with Crippen molar-refractivity contribution in [2.75, 3.05) is 0 Å². The Kier molecular flexibility index (Phi) is 7.77. The van der Waals surface area contributed by atoms with Crippen molar-refractivity contribution in [1.29, 1.82) is 0 Å². The second kappa shape index (κ2) is 13.9. The van der Waals surface area contributed by atoms with E-state index in [1.807, 2.05) is 0 Å². The summed E-state index contributed by atoms with van der Waals surface area (Å²) in [6.07, 6.45) is 0. The Hall–Kier alpha value is -7.74. The molecule has 2 aromatic heterocycles. The molecule has 64 heavy (non-hydrogen) atoms. The summed E-state index contributed by atoms with van der Waals surface area (Å²) >= 11 is 0.181. The summed E-state index contributed by atoms with van der Waals surface area (Å²) in [5.41, 5.74) is 12.0. The number of benzene rings is 12. The van der Waals surface area contributed by atoms with E-state index in [0.717, 1.165) is 27.3 Å². The quantitative estimate of drug-likeness (QED) is 0.127. The fraction of sp³-hybridized carbons (Fsp3) is 0. The van der Waals surface area contributed by atoms with Crippen molar-refractivity contribution in [3.8, 4) is 44.5 Å². The van der Waals surface area contributed by atoms with Gasteiger partial charge < -0.3 is 0 Å². The zero-order chi connectivity index (χ0) is 41.9. The van der Waals surface area contributed by atoms with Crippen LogP contribution in [-0.4, -0.2) is 14.5 Å². The number of furan rings is 1. The molecule has 0 N–H and O–H groups in total. The molecular weight excluding hydrogens is 840 g/mol. The molecule has 0 saturated carbocycles. The van der Waals surface area contributed by atoms with Gasteiger partial charge in [0.15, 0.2) is 0 Å². The van der Waals surface area contributed by atoms with Crippen molar-refractivity contribution >= 4 is 110 Å². The second-order valence-corrected chi connectivity index (χ2v) is 19.3. The zero-order valence-corrected chi connectivity index (χ0v) is 36.3. The predicted molar refractivity (Wildman–Crippen MR) is 275 cm³/mol. The normalized spacial score (nSPS) is 12.1. The summed E-state index contributed by atoms with van der Waals surface area (Å²) in [6.45, 7) is 0. The van der Waals surface area contributed by atoms with E-state index >= 15 is 0 Å². The van der Waals surface area contributed by atoms with E-state index in [-0.39, 0.29) is 14.5 Å². The van der Waals surface area contributed by atoms with Crippen LogP contribution < -0.4 is 0 Å². The third-order valence-corrected chi connectivity index (χ3v) is 16.0. The minimum absolute atomic E-state index is 0.181. The standard InChI is InChI=1S/C62H36OSe/c1-2-16-38(17-3-1)57-42-19-6-8-21-44(42)59(45-22-9-7-20-43(45)57)40-31-34-55-53(36-40)61-51(27-14-28-56(61)64-55)60-48-25-12-10-23-46(48)58(47-24-11-13-26-49(47)60)39-30-33-54-52(35-39)50-32-29-37-15-4-5-18-41(37)62(50)63-54/h1-36H. The molecule has 12 aromatic carbocycles. The summed E-state index contributed by atoms with van der Waals surface area (Å²) in [7, 11) is 0. The first-order chi connectivity index (χ1) is 31.8. The Morgan fingerprint density at radius 2 is 0.781 bits per heavy atom. The van der Waals surface area contributed by atoms with E-state index in [1.165, 1.54) is 112 Å². The number of rotatable bonds is 4. The van der Waals surface area contributed by atoms with Crippen molar-refractivity contribution in [2.24, 2.45) is 0 Å². The maximum absolute atomic E-state index is 6.58. The molecule has 2 heteroatoms. The third-order valence-electron chi connectivity index (χ3n) is 13.6. The van der Waals surface area contributed by atoms with Crippen LogP contribution in [0.15, 0.2) is 223 Å². The topological polar surface area (TPSA) is 13.1 Å². The second-order valence-electron chi connectivity index (χ2n) is 17.0. The molecule has 0 fully saturated rings. The van der Waals surface area contributed by atoms with Crippen LogP contribution in [0.1, 0.15) is 0 Å². The number of hydrogen-bond donors (Lipinski definition) is 0. The molecule has 0 bridgehead atoms. The Morgan fingerprint density at radius 3 is 1.39 bits per heavy atom. The summed E-state index contributed by atoms with van der Waals surface area (Å²) < 4.78 is 9.46. The fourth-order valence-corrected chi connectivity index (χ4v) is 13.3. The molecule has 1 nitrogen and oxygen atoms in total. The van der Waals surface area contributed by atoms with Gasteiger partial charge in [0.1, 0.15) is 0 Å². The van der Waals surface area contributed by atoms with Gasteiger partial charge in [-0.2, -0.15) is 0 Å². The number of fused-ring (bicyclic) bond motifs is 12. The molecule has 14 rings (SSSR count). The van der Waals surface area contributed by atoms with Crippen LogP contribution in [0.3, 0.4) is 0 Å². The summed E-state index contributed by atoms with van der Waals surface area (Å²) in [6, 6.07) is 81.0. The van der Waals surface area contributed by atoms with Crippen molar-refractivity contribution in [1.82, 2.24) is 0 Å². The van der Waals surface area contributed by atoms with Gasteiger partial charge in [-0.3, -0.25) is 0 Å². The first kappa shape index (κ1) is 35.8. The van der Waals surface area contributed by atoms with Crippen LogP contribution in [0, 0.1) is 0 Å². The van der Waals surface area contributed by atoms with Gasteiger partial charge in [-0.05, 0) is 5.39 Å². The van der Waals surface area contributed by atoms with Crippen LogP contribution in [0.25, 0.3) is 140 Å². The van der Waals surface area contributed by atoms with E-state index in [1.54, 1.807) is 0 Å². The van der Waals surface area contributed by atoms with Crippen LogP contribution in [0.5, 0.6) is 0 Å². The van der Waals surface area contributed by atoms with Crippen LogP contribution in [-0.2, 0) is 0 Å². The molecule has 0 amide bonds. The van der Waals surface area contributed by atoms with E-state index in [0.29, 0.717) is 0 Å². The van der Waals surface area contributed by atoms with E-state index in [2.05, 4.69) is 218 Å². The van der Waals surface area contributed by atoms with E-state index in [4.69, 9.17) is 4.42 Å². The van der Waals surface area contributed by atoms with Crippen molar-refractivity contribution in [2.45, 2.75) is 0 Å². The minimum atomic E-state index is 0.181. The zero-order valence-electron chi connectivity index (χ0n) is 34.6. The van der Waals surface area contributed by atoms with Crippen LogP contribution in [0.2, 0.25) is 0 Å². The fourth-order valence-electron chi connectivity index (χ4n) is 10.9. The maximum atomic E-state index is 6.58. The third kappa shape index (κ3) is 5.19. The Bertz CT molecular complexity index is 4130. The van der Waals surface area contributed by atoms with Gasteiger partial charge in [-0.1, -0.05) is 30.3 Å². The Morgan fingerprint density at radius 1 is 0.281 bits per heavy atom. The Balaban J connectivity index is 1.02.